The number of carbonyl (C=O) groups is 1. The molecule has 2 rings (SSSR count). The minimum absolute atomic E-state index is 0.202. The molecular formula is C14H26N2O. The minimum Gasteiger partial charge on any atom is -0.340 e. The van der Waals surface area contributed by atoms with E-state index in [0.29, 0.717) is 17.9 Å². The molecule has 0 spiro atoms. The summed E-state index contributed by atoms with van der Waals surface area (Å²) in [6.07, 6.45) is 4.81. The van der Waals surface area contributed by atoms with E-state index in [1.807, 2.05) is 0 Å². The van der Waals surface area contributed by atoms with Crippen molar-refractivity contribution in [1.29, 1.82) is 0 Å². The predicted octanol–water partition coefficient (Wildman–Crippen LogP) is 2.02. The lowest BCUT2D eigenvalue weighted by atomic mass is 9.74. The Balaban J connectivity index is 2.04. The van der Waals surface area contributed by atoms with Crippen LogP contribution in [-0.2, 0) is 4.79 Å². The van der Waals surface area contributed by atoms with Crippen LogP contribution in [0.4, 0.5) is 0 Å². The fraction of sp³-hybridized carbons (Fsp3) is 0.929. The number of piperidine rings is 1. The van der Waals surface area contributed by atoms with Gasteiger partial charge >= 0.3 is 0 Å². The number of rotatable bonds is 4. The Labute approximate surface area is 105 Å². The molecule has 1 N–H and O–H groups in total. The number of nitrogens with one attached hydrogen (secondary N) is 1. The Morgan fingerprint density at radius 3 is 2.53 bits per heavy atom. The summed E-state index contributed by atoms with van der Waals surface area (Å²) >= 11 is 0. The van der Waals surface area contributed by atoms with Gasteiger partial charge in [-0.15, -0.1) is 0 Å². The first-order valence-electron chi connectivity index (χ1n) is 7.09. The van der Waals surface area contributed by atoms with Crippen LogP contribution in [0.25, 0.3) is 0 Å². The molecule has 1 amide bonds. The van der Waals surface area contributed by atoms with Gasteiger partial charge in [0.2, 0.25) is 5.91 Å². The lowest BCUT2D eigenvalue weighted by molar-refractivity contribution is -0.144. The van der Waals surface area contributed by atoms with E-state index < -0.39 is 0 Å². The SMILES string of the molecule is CCN(C(=O)C(C)(C)C1CCCNC1)C1CC1. The second-order valence-corrected chi connectivity index (χ2v) is 6.09. The van der Waals surface area contributed by atoms with Gasteiger partial charge in [0.15, 0.2) is 0 Å². The van der Waals surface area contributed by atoms with Crippen LogP contribution in [0.3, 0.4) is 0 Å². The van der Waals surface area contributed by atoms with Gasteiger partial charge in [-0.1, -0.05) is 13.8 Å². The summed E-state index contributed by atoms with van der Waals surface area (Å²) in [5, 5.41) is 3.43. The van der Waals surface area contributed by atoms with Crippen LogP contribution in [0.2, 0.25) is 0 Å². The average Bonchev–Trinajstić information content (AvgIpc) is 3.15. The van der Waals surface area contributed by atoms with Gasteiger partial charge in [0.1, 0.15) is 0 Å². The quantitative estimate of drug-likeness (QED) is 0.812. The molecular weight excluding hydrogens is 212 g/mol. The first-order valence-corrected chi connectivity index (χ1v) is 7.09. The Bertz CT molecular complexity index is 278. The van der Waals surface area contributed by atoms with Gasteiger partial charge in [0, 0.05) is 18.0 Å². The molecule has 1 saturated carbocycles. The molecule has 1 unspecified atom stereocenters. The highest BCUT2D eigenvalue weighted by Gasteiger charge is 2.43. The summed E-state index contributed by atoms with van der Waals surface area (Å²) in [6.45, 7) is 9.36. The van der Waals surface area contributed by atoms with Crippen molar-refractivity contribution in [3.8, 4) is 0 Å². The predicted molar refractivity (Wildman–Crippen MR) is 69.8 cm³/mol. The maximum Gasteiger partial charge on any atom is 0.228 e. The van der Waals surface area contributed by atoms with Gasteiger partial charge in [-0.2, -0.15) is 0 Å². The second kappa shape index (κ2) is 4.97. The fourth-order valence-corrected chi connectivity index (χ4v) is 2.97. The number of carbonyl (C=O) groups excluding carboxylic acids is 1. The Morgan fingerprint density at radius 2 is 2.06 bits per heavy atom. The Kier molecular flexibility index (Phi) is 3.76. The van der Waals surface area contributed by atoms with Crippen molar-refractivity contribution in [2.24, 2.45) is 11.3 Å². The first-order chi connectivity index (χ1) is 8.07. The van der Waals surface area contributed by atoms with Crippen molar-refractivity contribution in [2.75, 3.05) is 19.6 Å². The summed E-state index contributed by atoms with van der Waals surface area (Å²) in [6, 6.07) is 0.545. The van der Waals surface area contributed by atoms with Crippen LogP contribution in [0, 0.1) is 11.3 Å². The molecule has 0 bridgehead atoms. The first kappa shape index (κ1) is 12.9. The molecule has 0 radical (unpaired) electrons. The standard InChI is InChI=1S/C14H26N2O/c1-4-16(12-7-8-12)13(17)14(2,3)11-6-5-9-15-10-11/h11-12,15H,4-10H2,1-3H3. The van der Waals surface area contributed by atoms with E-state index in [-0.39, 0.29) is 5.41 Å². The highest BCUT2D eigenvalue weighted by molar-refractivity contribution is 5.83. The van der Waals surface area contributed by atoms with E-state index in [1.54, 1.807) is 0 Å². The molecule has 2 aliphatic rings. The number of amides is 1. The largest absolute Gasteiger partial charge is 0.340 e. The third-order valence-electron chi connectivity index (χ3n) is 4.46. The van der Waals surface area contributed by atoms with Gasteiger partial charge in [0.05, 0.1) is 0 Å². The molecule has 1 heterocycles. The van der Waals surface area contributed by atoms with E-state index >= 15 is 0 Å². The van der Waals surface area contributed by atoms with Gasteiger partial charge in [-0.05, 0) is 51.6 Å². The van der Waals surface area contributed by atoms with Crippen molar-refractivity contribution in [1.82, 2.24) is 10.2 Å². The summed E-state index contributed by atoms with van der Waals surface area (Å²) in [5.41, 5.74) is -0.202. The van der Waals surface area contributed by atoms with Crippen molar-refractivity contribution in [3.05, 3.63) is 0 Å². The Hall–Kier alpha value is -0.570. The van der Waals surface area contributed by atoms with Gasteiger partial charge in [0.25, 0.3) is 0 Å². The van der Waals surface area contributed by atoms with Crippen LogP contribution >= 0.6 is 0 Å². The molecule has 17 heavy (non-hydrogen) atoms. The van der Waals surface area contributed by atoms with E-state index in [2.05, 4.69) is 31.0 Å². The van der Waals surface area contributed by atoms with E-state index in [9.17, 15) is 4.79 Å². The topological polar surface area (TPSA) is 32.3 Å². The molecule has 1 aliphatic carbocycles. The Morgan fingerprint density at radius 1 is 1.35 bits per heavy atom. The molecule has 2 fully saturated rings. The molecule has 1 aliphatic heterocycles. The van der Waals surface area contributed by atoms with Gasteiger partial charge < -0.3 is 10.2 Å². The highest BCUT2D eigenvalue weighted by atomic mass is 16.2. The molecule has 1 saturated heterocycles. The summed E-state index contributed by atoms with van der Waals surface area (Å²) in [4.78, 5) is 14.8. The third-order valence-corrected chi connectivity index (χ3v) is 4.46. The lowest BCUT2D eigenvalue weighted by Gasteiger charge is -2.39. The van der Waals surface area contributed by atoms with Crippen molar-refractivity contribution in [2.45, 2.75) is 52.5 Å². The molecule has 3 nitrogen and oxygen atoms in total. The summed E-state index contributed by atoms with van der Waals surface area (Å²) in [5.74, 6) is 0.868. The van der Waals surface area contributed by atoms with Crippen LogP contribution in [0.5, 0.6) is 0 Å². The number of hydrogen-bond donors (Lipinski definition) is 1. The highest BCUT2D eigenvalue weighted by Crippen LogP contribution is 2.37. The molecule has 0 aromatic heterocycles. The fourth-order valence-electron chi connectivity index (χ4n) is 2.97. The zero-order valence-corrected chi connectivity index (χ0v) is 11.5. The van der Waals surface area contributed by atoms with Crippen molar-refractivity contribution >= 4 is 5.91 Å². The van der Waals surface area contributed by atoms with Gasteiger partial charge in [-0.25, -0.2) is 0 Å². The van der Waals surface area contributed by atoms with E-state index in [0.717, 1.165) is 19.6 Å². The second-order valence-electron chi connectivity index (χ2n) is 6.09. The lowest BCUT2D eigenvalue weighted by Crippen LogP contribution is -2.49. The number of hydrogen-bond acceptors (Lipinski definition) is 2. The van der Waals surface area contributed by atoms with Crippen LogP contribution in [-0.4, -0.2) is 36.5 Å². The zero-order chi connectivity index (χ0) is 12.5. The molecule has 0 aromatic carbocycles. The third kappa shape index (κ3) is 2.65. The summed E-state index contributed by atoms with van der Waals surface area (Å²) in [7, 11) is 0. The molecule has 1 atom stereocenters. The average molecular weight is 238 g/mol. The normalized spacial score (nSPS) is 25.7. The zero-order valence-electron chi connectivity index (χ0n) is 11.5. The van der Waals surface area contributed by atoms with E-state index in [1.165, 1.54) is 25.7 Å². The minimum atomic E-state index is -0.202. The van der Waals surface area contributed by atoms with Crippen molar-refractivity contribution < 1.29 is 4.79 Å². The summed E-state index contributed by atoms with van der Waals surface area (Å²) < 4.78 is 0. The van der Waals surface area contributed by atoms with E-state index in [4.69, 9.17) is 0 Å². The molecule has 3 heteroatoms. The van der Waals surface area contributed by atoms with Crippen LogP contribution in [0.15, 0.2) is 0 Å². The maximum atomic E-state index is 12.7. The smallest absolute Gasteiger partial charge is 0.228 e. The molecule has 0 aromatic rings. The number of nitrogens with zero attached hydrogens (tertiary/aromatic N) is 1. The monoisotopic (exact) mass is 238 g/mol. The van der Waals surface area contributed by atoms with Gasteiger partial charge in [-0.3, -0.25) is 4.79 Å². The molecule has 98 valence electrons. The van der Waals surface area contributed by atoms with Crippen molar-refractivity contribution in [3.63, 3.8) is 0 Å². The van der Waals surface area contributed by atoms with Crippen LogP contribution < -0.4 is 5.32 Å². The maximum absolute atomic E-state index is 12.7. The van der Waals surface area contributed by atoms with Crippen LogP contribution in [0.1, 0.15) is 46.5 Å².